The first-order chi connectivity index (χ1) is 21.3. The zero-order valence-corrected chi connectivity index (χ0v) is 23.6. The third-order valence-corrected chi connectivity index (χ3v) is 9.01. The van der Waals surface area contributed by atoms with Gasteiger partial charge in [-0.1, -0.05) is 121 Å². The Bertz CT molecular complexity index is 2210. The van der Waals surface area contributed by atoms with Crippen LogP contribution < -0.4 is 9.62 Å². The van der Waals surface area contributed by atoms with Crippen molar-refractivity contribution in [3.8, 4) is 22.3 Å². The zero-order chi connectivity index (χ0) is 28.3. The summed E-state index contributed by atoms with van der Waals surface area (Å²) in [6.45, 7) is 0.135. The Balaban J connectivity index is 1.23. The molecule has 0 bridgehead atoms. The molecule has 0 radical (unpaired) electrons. The number of rotatable bonds is 3. The number of anilines is 3. The summed E-state index contributed by atoms with van der Waals surface area (Å²) in [5.74, 6) is 2.26. The lowest BCUT2D eigenvalue weighted by Gasteiger charge is -2.27. The Hall–Kier alpha value is -5.54. The van der Waals surface area contributed by atoms with Gasteiger partial charge in [0.1, 0.15) is 0 Å². The van der Waals surface area contributed by atoms with Gasteiger partial charge in [-0.05, 0) is 97.2 Å². The average molecular weight is 546 g/mol. The normalized spacial score (nSPS) is 13.7. The van der Waals surface area contributed by atoms with E-state index in [-0.39, 0.29) is 6.98 Å². The van der Waals surface area contributed by atoms with Crippen LogP contribution in [0.1, 0.15) is 0 Å². The maximum Gasteiger partial charge on any atom is 0.412 e. The van der Waals surface area contributed by atoms with Crippen LogP contribution in [0.5, 0.6) is 0 Å². The van der Waals surface area contributed by atoms with Gasteiger partial charge in [0.15, 0.2) is 0 Å². The molecule has 2 heterocycles. The predicted molar refractivity (Wildman–Crippen MR) is 185 cm³/mol. The van der Waals surface area contributed by atoms with Crippen molar-refractivity contribution >= 4 is 56.4 Å². The van der Waals surface area contributed by atoms with Crippen LogP contribution in [0.15, 0.2) is 164 Å². The molecule has 0 N–H and O–H groups in total. The van der Waals surface area contributed by atoms with Gasteiger partial charge in [0.25, 0.3) is 0 Å². The number of hydrogen-bond acceptors (Lipinski definition) is 2. The number of para-hydroxylation sites is 2. The summed E-state index contributed by atoms with van der Waals surface area (Å²) < 4.78 is 0. The van der Waals surface area contributed by atoms with Crippen LogP contribution >= 0.6 is 0 Å². The quantitative estimate of drug-likeness (QED) is 0.161. The molecule has 2 aliphatic heterocycles. The van der Waals surface area contributed by atoms with Crippen molar-refractivity contribution in [1.29, 1.82) is 0 Å². The molecule has 0 spiro atoms. The minimum Gasteiger partial charge on any atom is -0.367 e. The summed E-state index contributed by atoms with van der Waals surface area (Å²) in [5.41, 5.74) is 8.70. The first kappa shape index (κ1) is 24.1. The Morgan fingerprint density at radius 2 is 1.00 bits per heavy atom. The van der Waals surface area contributed by atoms with Gasteiger partial charge in [0.2, 0.25) is 0 Å². The van der Waals surface area contributed by atoms with E-state index in [0.29, 0.717) is 0 Å². The molecule has 0 aromatic heterocycles. The van der Waals surface area contributed by atoms with E-state index in [1.807, 2.05) is 0 Å². The van der Waals surface area contributed by atoms with Gasteiger partial charge >= 0.3 is 6.98 Å². The second-order valence-electron chi connectivity index (χ2n) is 11.4. The molecule has 0 saturated carbocycles. The lowest BCUT2D eigenvalue weighted by Crippen LogP contribution is -2.42. The lowest BCUT2D eigenvalue weighted by atomic mass is 9.71. The van der Waals surface area contributed by atoms with Crippen molar-refractivity contribution in [2.24, 2.45) is 0 Å². The van der Waals surface area contributed by atoms with Crippen LogP contribution in [0.4, 0.5) is 17.1 Å². The van der Waals surface area contributed by atoms with Crippen LogP contribution in [0.3, 0.4) is 0 Å². The smallest absolute Gasteiger partial charge is 0.367 e. The fraction of sp³-hybridized carbons (Fsp3) is 0. The van der Waals surface area contributed by atoms with Crippen LogP contribution in [0.2, 0.25) is 0 Å². The van der Waals surface area contributed by atoms with Crippen LogP contribution in [0, 0.1) is 0 Å². The van der Waals surface area contributed by atoms with E-state index in [1.54, 1.807) is 0 Å². The molecule has 0 atom stereocenters. The summed E-state index contributed by atoms with van der Waals surface area (Å²) in [5, 5.41) is 7.63. The number of nitrogens with zero attached hydrogens (tertiary/aromatic N) is 2. The molecule has 0 unspecified atom stereocenters. The summed E-state index contributed by atoms with van der Waals surface area (Å²) in [6.07, 6.45) is 6.43. The fourth-order valence-electron chi connectivity index (χ4n) is 7.12. The van der Waals surface area contributed by atoms with Crippen molar-refractivity contribution in [1.82, 2.24) is 0 Å². The molecular formula is C40H27BN2. The lowest BCUT2D eigenvalue weighted by molar-refractivity contribution is 1.39. The van der Waals surface area contributed by atoms with Crippen molar-refractivity contribution in [3.63, 3.8) is 0 Å². The summed E-state index contributed by atoms with van der Waals surface area (Å²) in [7, 11) is 0. The van der Waals surface area contributed by atoms with Gasteiger partial charge in [-0.15, -0.1) is 0 Å². The number of benzene rings is 7. The molecule has 7 aromatic carbocycles. The second kappa shape index (κ2) is 9.50. The molecule has 0 aliphatic carbocycles. The third-order valence-electron chi connectivity index (χ3n) is 9.01. The monoisotopic (exact) mass is 546 g/mol. The fourth-order valence-corrected chi connectivity index (χ4v) is 7.12. The van der Waals surface area contributed by atoms with E-state index in [0.717, 1.165) is 0 Å². The molecule has 2 nitrogen and oxygen atoms in total. The molecule has 200 valence electrons. The van der Waals surface area contributed by atoms with Gasteiger partial charge in [0.05, 0.1) is 11.4 Å². The molecule has 9 rings (SSSR count). The highest BCUT2D eigenvalue weighted by molar-refractivity contribution is 6.76. The van der Waals surface area contributed by atoms with Gasteiger partial charge in [-0.3, -0.25) is 0 Å². The molecule has 0 amide bonds. The highest BCUT2D eigenvalue weighted by Crippen LogP contribution is 2.46. The van der Waals surface area contributed by atoms with E-state index in [4.69, 9.17) is 0 Å². The topological polar surface area (TPSA) is 6.48 Å². The molecule has 43 heavy (non-hydrogen) atoms. The van der Waals surface area contributed by atoms with E-state index in [9.17, 15) is 0 Å². The zero-order valence-electron chi connectivity index (χ0n) is 23.6. The summed E-state index contributed by atoms with van der Waals surface area (Å²) in [4.78, 5) is 4.77. The third kappa shape index (κ3) is 3.68. The standard InChI is InChI=1S/C40H27BN2/c1-2-12-30-27-31(20-19-28(30)11-1)40-35-15-5-3-13-33(35)39(34-14-4-6-16-36(34)40)29-21-23-32(24-22-29)43-38-18-8-7-17-37(38)42-26-10-9-25-41(42)43/h1-27H. The Kier molecular flexibility index (Phi) is 5.33. The van der Waals surface area contributed by atoms with Crippen molar-refractivity contribution in [3.05, 3.63) is 164 Å². The largest absolute Gasteiger partial charge is 0.412 e. The first-order valence-corrected chi connectivity index (χ1v) is 14.9. The molecule has 0 saturated heterocycles. The second-order valence-corrected chi connectivity index (χ2v) is 11.4. The van der Waals surface area contributed by atoms with Gasteiger partial charge in [0, 0.05) is 5.69 Å². The van der Waals surface area contributed by atoms with Crippen LogP contribution in [0.25, 0.3) is 54.6 Å². The SMILES string of the molecule is C1=CB2N(C=C1)c1ccccc1N2c1ccc(-c2c3ccccc3c(-c3ccc4ccccc4c3)c3ccccc23)cc1. The molecule has 0 fully saturated rings. The van der Waals surface area contributed by atoms with E-state index in [1.165, 1.54) is 71.6 Å². The Morgan fingerprint density at radius 3 is 1.70 bits per heavy atom. The van der Waals surface area contributed by atoms with Crippen molar-refractivity contribution in [2.75, 3.05) is 9.62 Å². The van der Waals surface area contributed by atoms with Crippen LogP contribution in [-0.4, -0.2) is 6.98 Å². The summed E-state index contributed by atoms with van der Waals surface area (Å²) in [6, 6.07) is 51.1. The first-order valence-electron chi connectivity index (χ1n) is 14.9. The minimum absolute atomic E-state index is 0.135. The Morgan fingerprint density at radius 1 is 0.442 bits per heavy atom. The van der Waals surface area contributed by atoms with E-state index < -0.39 is 0 Å². The number of allylic oxidation sites excluding steroid dienone is 2. The van der Waals surface area contributed by atoms with E-state index in [2.05, 4.69) is 173 Å². The number of fused-ring (bicyclic) bond motifs is 6. The van der Waals surface area contributed by atoms with Crippen molar-refractivity contribution < 1.29 is 0 Å². The molecule has 2 aliphatic rings. The molecule has 3 heteroatoms. The van der Waals surface area contributed by atoms with Gasteiger partial charge < -0.3 is 9.62 Å². The minimum atomic E-state index is 0.135. The Labute approximate surface area is 251 Å². The van der Waals surface area contributed by atoms with E-state index >= 15 is 0 Å². The van der Waals surface area contributed by atoms with Crippen LogP contribution in [-0.2, 0) is 0 Å². The highest BCUT2D eigenvalue weighted by Gasteiger charge is 2.39. The molecular weight excluding hydrogens is 519 g/mol. The maximum atomic E-state index is 2.43. The predicted octanol–water partition coefficient (Wildman–Crippen LogP) is 10.5. The highest BCUT2D eigenvalue weighted by atomic mass is 15.3. The van der Waals surface area contributed by atoms with Crippen molar-refractivity contribution in [2.45, 2.75) is 0 Å². The summed E-state index contributed by atoms with van der Waals surface area (Å²) >= 11 is 0. The number of hydrogen-bond donors (Lipinski definition) is 0. The maximum absolute atomic E-state index is 2.43. The van der Waals surface area contributed by atoms with Gasteiger partial charge in [-0.25, -0.2) is 0 Å². The van der Waals surface area contributed by atoms with Gasteiger partial charge in [-0.2, -0.15) is 0 Å². The molecule has 7 aromatic rings. The average Bonchev–Trinajstić information content (AvgIpc) is 3.41.